The Hall–Kier alpha value is -2.04. The Kier molecular flexibility index (Phi) is 5.52. The molecule has 0 bridgehead atoms. The second kappa shape index (κ2) is 7.24. The molecule has 1 unspecified atom stereocenters. The SMILES string of the molecule is CC(C)CC(NC(=O)c1cccc2c1[nH]c(=O)n2C(C)C)C(C)C. The molecule has 0 radical (unpaired) electrons. The van der Waals surface area contributed by atoms with E-state index in [1.807, 2.05) is 26.0 Å². The topological polar surface area (TPSA) is 66.9 Å². The Morgan fingerprint density at radius 3 is 2.38 bits per heavy atom. The van der Waals surface area contributed by atoms with Gasteiger partial charge in [-0.3, -0.25) is 9.36 Å². The molecule has 0 aliphatic rings. The molecule has 0 saturated carbocycles. The number of benzene rings is 1. The number of hydrogen-bond acceptors (Lipinski definition) is 2. The number of rotatable bonds is 6. The smallest absolute Gasteiger partial charge is 0.326 e. The lowest BCUT2D eigenvalue weighted by Crippen LogP contribution is -2.39. The van der Waals surface area contributed by atoms with Crippen LogP contribution in [0.3, 0.4) is 0 Å². The molecule has 2 aromatic rings. The van der Waals surface area contributed by atoms with Crippen molar-refractivity contribution >= 4 is 16.9 Å². The molecular weight excluding hydrogens is 302 g/mol. The molecule has 1 aromatic heterocycles. The van der Waals surface area contributed by atoms with Gasteiger partial charge in [0.15, 0.2) is 0 Å². The number of aromatic nitrogens is 2. The summed E-state index contributed by atoms with van der Waals surface area (Å²) >= 11 is 0. The summed E-state index contributed by atoms with van der Waals surface area (Å²) in [4.78, 5) is 27.9. The number of carbonyl (C=O) groups is 1. The summed E-state index contributed by atoms with van der Waals surface area (Å²) in [5.74, 6) is 0.738. The van der Waals surface area contributed by atoms with E-state index in [0.29, 0.717) is 22.9 Å². The molecule has 0 fully saturated rings. The normalized spacial score (nSPS) is 13.2. The summed E-state index contributed by atoms with van der Waals surface area (Å²) < 4.78 is 1.68. The van der Waals surface area contributed by atoms with Crippen LogP contribution in [-0.4, -0.2) is 21.5 Å². The number of para-hydroxylation sites is 1. The lowest BCUT2D eigenvalue weighted by Gasteiger charge is -2.24. The number of fused-ring (bicyclic) bond motifs is 1. The fourth-order valence-corrected chi connectivity index (χ4v) is 3.10. The van der Waals surface area contributed by atoms with Crippen LogP contribution in [0.5, 0.6) is 0 Å². The predicted molar refractivity (Wildman–Crippen MR) is 98.5 cm³/mol. The number of hydrogen-bond donors (Lipinski definition) is 2. The highest BCUT2D eigenvalue weighted by Crippen LogP contribution is 2.20. The molecule has 24 heavy (non-hydrogen) atoms. The molecule has 0 saturated heterocycles. The molecule has 1 atom stereocenters. The molecule has 0 spiro atoms. The highest BCUT2D eigenvalue weighted by molar-refractivity contribution is 6.05. The van der Waals surface area contributed by atoms with Gasteiger partial charge in [0, 0.05) is 12.1 Å². The van der Waals surface area contributed by atoms with Crippen LogP contribution in [0.25, 0.3) is 11.0 Å². The molecular formula is C19H29N3O2. The lowest BCUT2D eigenvalue weighted by atomic mass is 9.94. The lowest BCUT2D eigenvalue weighted by molar-refractivity contribution is 0.0921. The Morgan fingerprint density at radius 2 is 1.83 bits per heavy atom. The number of amides is 1. The van der Waals surface area contributed by atoms with E-state index in [0.717, 1.165) is 11.9 Å². The third kappa shape index (κ3) is 3.71. The minimum atomic E-state index is -0.178. The third-order valence-corrected chi connectivity index (χ3v) is 4.36. The van der Waals surface area contributed by atoms with Crippen molar-refractivity contribution in [1.82, 2.24) is 14.9 Å². The summed E-state index contributed by atoms with van der Waals surface area (Å²) in [6.45, 7) is 12.5. The van der Waals surface area contributed by atoms with Crippen LogP contribution in [0.1, 0.15) is 64.4 Å². The van der Waals surface area contributed by atoms with E-state index in [2.05, 4.69) is 38.0 Å². The van der Waals surface area contributed by atoms with Gasteiger partial charge in [-0.2, -0.15) is 0 Å². The van der Waals surface area contributed by atoms with Crippen molar-refractivity contribution < 1.29 is 4.79 Å². The minimum absolute atomic E-state index is 0.0360. The molecule has 1 amide bonds. The number of aromatic amines is 1. The van der Waals surface area contributed by atoms with Gasteiger partial charge >= 0.3 is 5.69 Å². The van der Waals surface area contributed by atoms with E-state index in [1.165, 1.54) is 0 Å². The third-order valence-electron chi connectivity index (χ3n) is 4.36. The molecule has 1 aromatic carbocycles. The zero-order valence-electron chi connectivity index (χ0n) is 15.5. The van der Waals surface area contributed by atoms with Crippen molar-refractivity contribution in [2.24, 2.45) is 11.8 Å². The van der Waals surface area contributed by atoms with E-state index in [-0.39, 0.29) is 23.7 Å². The van der Waals surface area contributed by atoms with Crippen LogP contribution >= 0.6 is 0 Å². The number of carbonyl (C=O) groups excluding carboxylic acids is 1. The standard InChI is InChI=1S/C19H29N3O2/c1-11(2)10-15(12(3)4)20-18(23)14-8-7-9-16-17(14)21-19(24)22(16)13(5)6/h7-9,11-13,15H,10H2,1-6H3,(H,20,23)(H,21,24). The second-order valence-corrected chi connectivity index (χ2v) is 7.55. The van der Waals surface area contributed by atoms with Crippen LogP contribution in [0.4, 0.5) is 0 Å². The van der Waals surface area contributed by atoms with Gasteiger partial charge in [0.2, 0.25) is 0 Å². The maximum absolute atomic E-state index is 12.8. The fourth-order valence-electron chi connectivity index (χ4n) is 3.10. The van der Waals surface area contributed by atoms with E-state index < -0.39 is 0 Å². The number of H-pyrrole nitrogens is 1. The Labute approximate surface area is 143 Å². The Balaban J connectivity index is 2.40. The van der Waals surface area contributed by atoms with Gasteiger partial charge in [0.05, 0.1) is 16.6 Å². The Bertz CT molecular complexity index is 769. The maximum atomic E-state index is 12.8. The predicted octanol–water partition coefficient (Wildman–Crippen LogP) is 3.71. The summed E-state index contributed by atoms with van der Waals surface area (Å²) in [7, 11) is 0. The summed E-state index contributed by atoms with van der Waals surface area (Å²) in [6, 6.07) is 5.62. The number of imidazole rings is 1. The second-order valence-electron chi connectivity index (χ2n) is 7.55. The van der Waals surface area contributed by atoms with Crippen LogP contribution < -0.4 is 11.0 Å². The van der Waals surface area contributed by atoms with Crippen LogP contribution in [0, 0.1) is 11.8 Å². The minimum Gasteiger partial charge on any atom is -0.349 e. The molecule has 2 rings (SSSR count). The van der Waals surface area contributed by atoms with Gasteiger partial charge in [-0.1, -0.05) is 33.8 Å². The average molecular weight is 331 g/mol. The van der Waals surface area contributed by atoms with Crippen molar-refractivity contribution in [3.63, 3.8) is 0 Å². The van der Waals surface area contributed by atoms with E-state index in [4.69, 9.17) is 0 Å². The van der Waals surface area contributed by atoms with Crippen molar-refractivity contribution in [3.05, 3.63) is 34.2 Å². The summed E-state index contributed by atoms with van der Waals surface area (Å²) in [5.41, 5.74) is 1.73. The quantitative estimate of drug-likeness (QED) is 0.847. The molecule has 1 heterocycles. The molecule has 2 N–H and O–H groups in total. The van der Waals surface area contributed by atoms with E-state index in [1.54, 1.807) is 10.6 Å². The van der Waals surface area contributed by atoms with Crippen molar-refractivity contribution in [2.75, 3.05) is 0 Å². The largest absolute Gasteiger partial charge is 0.349 e. The first kappa shape index (κ1) is 18.3. The van der Waals surface area contributed by atoms with Gasteiger partial charge in [-0.05, 0) is 44.2 Å². The van der Waals surface area contributed by atoms with Crippen molar-refractivity contribution in [1.29, 1.82) is 0 Å². The van der Waals surface area contributed by atoms with Crippen molar-refractivity contribution in [3.8, 4) is 0 Å². The molecule has 5 nitrogen and oxygen atoms in total. The van der Waals surface area contributed by atoms with Gasteiger partial charge in [-0.15, -0.1) is 0 Å². The maximum Gasteiger partial charge on any atom is 0.326 e. The molecule has 132 valence electrons. The van der Waals surface area contributed by atoms with Gasteiger partial charge in [0.25, 0.3) is 5.91 Å². The Morgan fingerprint density at radius 1 is 1.17 bits per heavy atom. The molecule has 0 aliphatic heterocycles. The fraction of sp³-hybridized carbons (Fsp3) is 0.579. The zero-order valence-corrected chi connectivity index (χ0v) is 15.5. The number of nitrogens with zero attached hydrogens (tertiary/aromatic N) is 1. The average Bonchev–Trinajstić information content (AvgIpc) is 2.81. The van der Waals surface area contributed by atoms with E-state index in [9.17, 15) is 9.59 Å². The molecule has 0 aliphatic carbocycles. The van der Waals surface area contributed by atoms with Gasteiger partial charge in [0.1, 0.15) is 0 Å². The highest BCUT2D eigenvalue weighted by Gasteiger charge is 2.21. The number of nitrogens with one attached hydrogen (secondary N) is 2. The van der Waals surface area contributed by atoms with Crippen LogP contribution in [0.15, 0.2) is 23.0 Å². The first-order valence-corrected chi connectivity index (χ1v) is 8.76. The van der Waals surface area contributed by atoms with Crippen LogP contribution in [0.2, 0.25) is 0 Å². The van der Waals surface area contributed by atoms with E-state index >= 15 is 0 Å². The highest BCUT2D eigenvalue weighted by atomic mass is 16.2. The molecule has 5 heteroatoms. The summed E-state index contributed by atoms with van der Waals surface area (Å²) in [5, 5.41) is 3.14. The van der Waals surface area contributed by atoms with Crippen molar-refractivity contribution in [2.45, 2.75) is 60.0 Å². The van der Waals surface area contributed by atoms with Crippen LogP contribution in [-0.2, 0) is 0 Å². The first-order valence-electron chi connectivity index (χ1n) is 8.76. The van der Waals surface area contributed by atoms with Gasteiger partial charge < -0.3 is 10.3 Å². The first-order chi connectivity index (χ1) is 11.2. The van der Waals surface area contributed by atoms with Gasteiger partial charge in [-0.25, -0.2) is 4.79 Å². The summed E-state index contributed by atoms with van der Waals surface area (Å²) in [6.07, 6.45) is 0.933. The zero-order chi connectivity index (χ0) is 18.0. The monoisotopic (exact) mass is 331 g/mol.